The van der Waals surface area contributed by atoms with Gasteiger partial charge in [-0.05, 0) is 31.7 Å². The van der Waals surface area contributed by atoms with E-state index < -0.39 is 5.41 Å². The van der Waals surface area contributed by atoms with Crippen LogP contribution in [0.4, 0.5) is 0 Å². The van der Waals surface area contributed by atoms with Crippen LogP contribution in [0, 0.1) is 12.3 Å². The summed E-state index contributed by atoms with van der Waals surface area (Å²) in [5.74, 6) is 0.0170. The molecule has 1 aromatic rings. The van der Waals surface area contributed by atoms with E-state index in [2.05, 4.69) is 36.5 Å². The monoisotopic (exact) mass is 247 g/mol. The predicted octanol–water partition coefficient (Wildman–Crippen LogP) is 1.82. The van der Waals surface area contributed by atoms with Crippen LogP contribution in [0.1, 0.15) is 30.4 Å². The van der Waals surface area contributed by atoms with Crippen molar-refractivity contribution in [2.75, 3.05) is 13.2 Å². The Hall–Kier alpha value is -1.35. The van der Waals surface area contributed by atoms with Gasteiger partial charge in [0.25, 0.3) is 0 Å². The minimum atomic E-state index is -0.479. The molecular formula is C15H21NO2. The second kappa shape index (κ2) is 5.53. The van der Waals surface area contributed by atoms with Crippen LogP contribution in [-0.2, 0) is 11.2 Å². The highest BCUT2D eigenvalue weighted by Crippen LogP contribution is 2.40. The fourth-order valence-electron chi connectivity index (χ4n) is 2.32. The average Bonchev–Trinajstić information content (AvgIpc) is 2.31. The number of hydrogen-bond acceptors (Lipinski definition) is 2. The van der Waals surface area contributed by atoms with Crippen molar-refractivity contribution < 1.29 is 9.90 Å². The number of aliphatic hydroxyl groups excluding tert-OH is 1. The third-order valence-corrected chi connectivity index (χ3v) is 3.91. The first-order valence-electron chi connectivity index (χ1n) is 6.61. The van der Waals surface area contributed by atoms with E-state index in [1.807, 2.05) is 0 Å². The van der Waals surface area contributed by atoms with Crippen LogP contribution < -0.4 is 5.32 Å². The highest BCUT2D eigenvalue weighted by molar-refractivity contribution is 5.83. The molecule has 0 aromatic heterocycles. The summed E-state index contributed by atoms with van der Waals surface area (Å²) >= 11 is 0. The quantitative estimate of drug-likeness (QED) is 0.833. The van der Waals surface area contributed by atoms with Gasteiger partial charge in [-0.1, -0.05) is 36.2 Å². The van der Waals surface area contributed by atoms with Gasteiger partial charge >= 0.3 is 0 Å². The van der Waals surface area contributed by atoms with Crippen molar-refractivity contribution in [2.45, 2.75) is 32.6 Å². The summed E-state index contributed by atoms with van der Waals surface area (Å²) in [4.78, 5) is 12.0. The molecule has 2 N–H and O–H groups in total. The largest absolute Gasteiger partial charge is 0.395 e. The smallest absolute Gasteiger partial charge is 0.228 e. The Labute approximate surface area is 108 Å². The molecule has 1 amide bonds. The molecule has 1 aromatic carbocycles. The highest BCUT2D eigenvalue weighted by Gasteiger charge is 2.43. The van der Waals surface area contributed by atoms with E-state index in [4.69, 9.17) is 0 Å². The number of aryl methyl sites for hydroxylation is 1. The molecule has 0 spiro atoms. The van der Waals surface area contributed by atoms with Crippen molar-refractivity contribution in [1.29, 1.82) is 0 Å². The number of amides is 1. The van der Waals surface area contributed by atoms with Crippen LogP contribution in [0.5, 0.6) is 0 Å². The Bertz CT molecular complexity index is 401. The van der Waals surface area contributed by atoms with Gasteiger partial charge in [0.2, 0.25) is 5.91 Å². The van der Waals surface area contributed by atoms with Crippen LogP contribution in [0.3, 0.4) is 0 Å². The molecule has 0 radical (unpaired) electrons. The van der Waals surface area contributed by atoms with Crippen molar-refractivity contribution in [2.24, 2.45) is 5.41 Å². The van der Waals surface area contributed by atoms with Crippen LogP contribution in [0.15, 0.2) is 24.3 Å². The molecule has 1 aliphatic carbocycles. The lowest BCUT2D eigenvalue weighted by Crippen LogP contribution is -2.48. The van der Waals surface area contributed by atoms with E-state index in [1.165, 1.54) is 11.1 Å². The molecule has 0 unspecified atom stereocenters. The topological polar surface area (TPSA) is 49.3 Å². The lowest BCUT2D eigenvalue weighted by molar-refractivity contribution is -0.139. The molecule has 1 aliphatic rings. The third-order valence-electron chi connectivity index (χ3n) is 3.91. The molecule has 3 heteroatoms. The maximum Gasteiger partial charge on any atom is 0.228 e. The number of hydrogen-bond donors (Lipinski definition) is 2. The zero-order chi connectivity index (χ0) is 13.0. The summed E-state index contributed by atoms with van der Waals surface area (Å²) in [5, 5.41) is 12.2. The van der Waals surface area contributed by atoms with E-state index in [9.17, 15) is 9.90 Å². The van der Waals surface area contributed by atoms with Crippen LogP contribution >= 0.6 is 0 Å². The first-order valence-corrected chi connectivity index (χ1v) is 6.61. The summed E-state index contributed by atoms with van der Waals surface area (Å²) in [5.41, 5.74) is 2.00. The molecule has 1 fully saturated rings. The molecule has 1 saturated carbocycles. The number of nitrogens with one attached hydrogen (secondary N) is 1. The van der Waals surface area contributed by atoms with Gasteiger partial charge in [-0.2, -0.15) is 0 Å². The van der Waals surface area contributed by atoms with Crippen molar-refractivity contribution in [1.82, 2.24) is 5.32 Å². The van der Waals surface area contributed by atoms with Crippen molar-refractivity contribution in [3.8, 4) is 0 Å². The number of benzene rings is 1. The molecule has 18 heavy (non-hydrogen) atoms. The zero-order valence-corrected chi connectivity index (χ0v) is 10.9. The molecule has 0 bridgehead atoms. The van der Waals surface area contributed by atoms with Gasteiger partial charge in [-0.3, -0.25) is 4.79 Å². The summed E-state index contributed by atoms with van der Waals surface area (Å²) in [6, 6.07) is 8.34. The van der Waals surface area contributed by atoms with E-state index in [0.717, 1.165) is 25.7 Å². The Morgan fingerprint density at radius 1 is 1.33 bits per heavy atom. The average molecular weight is 247 g/mol. The predicted molar refractivity (Wildman–Crippen MR) is 71.3 cm³/mol. The minimum Gasteiger partial charge on any atom is -0.395 e. The van der Waals surface area contributed by atoms with Gasteiger partial charge in [0, 0.05) is 6.54 Å². The van der Waals surface area contributed by atoms with Gasteiger partial charge < -0.3 is 10.4 Å². The number of carbonyl (C=O) groups excluding carboxylic acids is 1. The van der Waals surface area contributed by atoms with Gasteiger partial charge in [0.05, 0.1) is 12.0 Å². The van der Waals surface area contributed by atoms with Gasteiger partial charge in [0.15, 0.2) is 0 Å². The molecule has 0 aliphatic heterocycles. The standard InChI is InChI=1S/C15H21NO2/c1-12-3-5-13(6-4-12)7-10-16-14(18)15(11-17)8-2-9-15/h3-6,17H,2,7-11H2,1H3,(H,16,18). The summed E-state index contributed by atoms with van der Waals surface area (Å²) < 4.78 is 0. The molecule has 0 heterocycles. The Morgan fingerprint density at radius 3 is 2.50 bits per heavy atom. The molecule has 0 atom stereocenters. The fraction of sp³-hybridized carbons (Fsp3) is 0.533. The normalized spacial score (nSPS) is 17.0. The van der Waals surface area contributed by atoms with Crippen LogP contribution in [-0.4, -0.2) is 24.2 Å². The maximum absolute atomic E-state index is 12.0. The van der Waals surface area contributed by atoms with Crippen LogP contribution in [0.2, 0.25) is 0 Å². The first kappa shape index (κ1) is 13.1. The van der Waals surface area contributed by atoms with Gasteiger partial charge in [0.1, 0.15) is 0 Å². The van der Waals surface area contributed by atoms with Crippen molar-refractivity contribution >= 4 is 5.91 Å². The van der Waals surface area contributed by atoms with E-state index in [0.29, 0.717) is 6.54 Å². The summed E-state index contributed by atoms with van der Waals surface area (Å²) in [7, 11) is 0. The SMILES string of the molecule is Cc1ccc(CCNC(=O)C2(CO)CCC2)cc1. The summed E-state index contributed by atoms with van der Waals surface area (Å²) in [6.45, 7) is 2.68. The number of carbonyl (C=O) groups is 1. The Morgan fingerprint density at radius 2 is 2.00 bits per heavy atom. The second-order valence-electron chi connectivity index (χ2n) is 5.28. The second-order valence-corrected chi connectivity index (χ2v) is 5.28. The molecule has 0 saturated heterocycles. The lowest BCUT2D eigenvalue weighted by Gasteiger charge is -2.38. The third kappa shape index (κ3) is 2.72. The van der Waals surface area contributed by atoms with Crippen molar-refractivity contribution in [3.05, 3.63) is 35.4 Å². The number of aliphatic hydroxyl groups is 1. The Balaban J connectivity index is 1.78. The van der Waals surface area contributed by atoms with Crippen LogP contribution in [0.25, 0.3) is 0 Å². The summed E-state index contributed by atoms with van der Waals surface area (Å²) in [6.07, 6.45) is 3.53. The Kier molecular flexibility index (Phi) is 4.02. The lowest BCUT2D eigenvalue weighted by atomic mass is 9.68. The van der Waals surface area contributed by atoms with Gasteiger partial charge in [-0.25, -0.2) is 0 Å². The zero-order valence-electron chi connectivity index (χ0n) is 10.9. The first-order chi connectivity index (χ1) is 8.66. The number of rotatable bonds is 5. The van der Waals surface area contributed by atoms with Gasteiger partial charge in [-0.15, -0.1) is 0 Å². The van der Waals surface area contributed by atoms with E-state index in [-0.39, 0.29) is 12.5 Å². The minimum absolute atomic E-state index is 0.0170. The van der Waals surface area contributed by atoms with E-state index >= 15 is 0 Å². The van der Waals surface area contributed by atoms with Crippen molar-refractivity contribution in [3.63, 3.8) is 0 Å². The molecule has 3 nitrogen and oxygen atoms in total. The molecule has 98 valence electrons. The van der Waals surface area contributed by atoms with E-state index in [1.54, 1.807) is 0 Å². The fourth-order valence-corrected chi connectivity index (χ4v) is 2.32. The molecular weight excluding hydrogens is 226 g/mol. The highest BCUT2D eigenvalue weighted by atomic mass is 16.3. The maximum atomic E-state index is 12.0. The molecule has 2 rings (SSSR count).